The van der Waals surface area contributed by atoms with Crippen LogP contribution < -0.4 is 15.4 Å². The lowest BCUT2D eigenvalue weighted by Crippen LogP contribution is -2.33. The molecule has 8 heteroatoms. The third-order valence-electron chi connectivity index (χ3n) is 4.14. The van der Waals surface area contributed by atoms with Crippen LogP contribution in [0.1, 0.15) is 41.3 Å². The molecule has 0 aliphatic carbocycles. The number of benzene rings is 2. The first-order chi connectivity index (χ1) is 13.7. The Hall–Kier alpha value is -2.71. The maximum atomic E-state index is 12.3. The molecule has 7 nitrogen and oxygen atoms in total. The lowest BCUT2D eigenvalue weighted by molar-refractivity contribution is -0.115. The number of sulfonamides is 1. The maximum Gasteiger partial charge on any atom is 0.251 e. The summed E-state index contributed by atoms with van der Waals surface area (Å²) in [4.78, 5) is 24.5. The average Bonchev–Trinajstić information content (AvgIpc) is 2.65. The Morgan fingerprint density at radius 3 is 2.34 bits per heavy atom. The normalized spacial score (nSPS) is 11.1. The van der Waals surface area contributed by atoms with Crippen LogP contribution in [0.4, 0.5) is 5.69 Å². The Labute approximate surface area is 172 Å². The van der Waals surface area contributed by atoms with Gasteiger partial charge in [0.05, 0.1) is 11.4 Å². The molecule has 0 aliphatic heterocycles. The van der Waals surface area contributed by atoms with Crippen LogP contribution in [0, 0.1) is 13.8 Å². The van der Waals surface area contributed by atoms with Gasteiger partial charge in [-0.3, -0.25) is 9.59 Å². The van der Waals surface area contributed by atoms with Crippen LogP contribution >= 0.6 is 0 Å². The molecule has 0 saturated heterocycles. The van der Waals surface area contributed by atoms with Crippen molar-refractivity contribution in [2.24, 2.45) is 0 Å². The second kappa shape index (κ2) is 10.2. The van der Waals surface area contributed by atoms with Gasteiger partial charge in [-0.25, -0.2) is 13.1 Å². The summed E-state index contributed by atoms with van der Waals surface area (Å²) in [5.74, 6) is -0.792. The van der Waals surface area contributed by atoms with Gasteiger partial charge >= 0.3 is 0 Å². The van der Waals surface area contributed by atoms with Gasteiger partial charge in [-0.1, -0.05) is 36.6 Å². The van der Waals surface area contributed by atoms with E-state index in [9.17, 15) is 18.0 Å². The number of amides is 2. The van der Waals surface area contributed by atoms with Crippen molar-refractivity contribution in [3.8, 4) is 0 Å². The van der Waals surface area contributed by atoms with Gasteiger partial charge in [0.2, 0.25) is 15.9 Å². The summed E-state index contributed by atoms with van der Waals surface area (Å²) in [6, 6.07) is 11.5. The number of aryl methyl sites for hydroxylation is 2. The fourth-order valence-corrected chi connectivity index (χ4v) is 3.90. The van der Waals surface area contributed by atoms with E-state index in [2.05, 4.69) is 15.4 Å². The van der Waals surface area contributed by atoms with E-state index in [0.717, 1.165) is 24.0 Å². The molecule has 0 aromatic heterocycles. The number of hydrogen-bond donors (Lipinski definition) is 3. The molecule has 0 spiro atoms. The number of rotatable bonds is 9. The molecule has 0 saturated carbocycles. The average molecular weight is 418 g/mol. The minimum Gasteiger partial charge on any atom is -0.343 e. The zero-order valence-corrected chi connectivity index (χ0v) is 17.7. The van der Waals surface area contributed by atoms with Crippen molar-refractivity contribution in [2.75, 3.05) is 18.4 Å². The number of nitrogens with one attached hydrogen (secondary N) is 3. The number of carbonyl (C=O) groups is 2. The fraction of sp³-hybridized carbons (Fsp3) is 0.333. The Bertz CT molecular complexity index is 967. The van der Waals surface area contributed by atoms with E-state index in [-0.39, 0.29) is 17.3 Å². The lowest BCUT2D eigenvalue weighted by Gasteiger charge is -2.10. The zero-order chi connectivity index (χ0) is 21.4. The quantitative estimate of drug-likeness (QED) is 0.546. The molecular weight excluding hydrogens is 390 g/mol. The van der Waals surface area contributed by atoms with Gasteiger partial charge in [-0.2, -0.15) is 0 Å². The monoisotopic (exact) mass is 417 g/mol. The van der Waals surface area contributed by atoms with Gasteiger partial charge < -0.3 is 10.6 Å². The third kappa shape index (κ3) is 6.99. The van der Waals surface area contributed by atoms with E-state index in [1.165, 1.54) is 12.1 Å². The first-order valence-corrected chi connectivity index (χ1v) is 11.0. The molecule has 3 N–H and O–H groups in total. The third-order valence-corrected chi connectivity index (χ3v) is 5.60. The smallest absolute Gasteiger partial charge is 0.251 e. The number of unbranched alkanes of at least 4 members (excludes halogenated alkanes) is 1. The van der Waals surface area contributed by atoms with Crippen LogP contribution in [0.2, 0.25) is 0 Å². The standard InChI is InChI=1S/C21H27N3O4S/c1-4-5-9-23-29(27,28)19-8-6-7-18(13-19)24-20(25)14-22-21(26)17-11-15(2)10-16(3)12-17/h6-8,10-13,23H,4-5,9,14H2,1-3H3,(H,22,26)(H,24,25). The first-order valence-electron chi connectivity index (χ1n) is 9.47. The summed E-state index contributed by atoms with van der Waals surface area (Å²) in [5, 5.41) is 5.18. The van der Waals surface area contributed by atoms with Crippen molar-refractivity contribution in [2.45, 2.75) is 38.5 Å². The molecule has 29 heavy (non-hydrogen) atoms. The Morgan fingerprint density at radius 2 is 1.69 bits per heavy atom. The van der Waals surface area contributed by atoms with Crippen LogP contribution in [-0.2, 0) is 14.8 Å². The second-order valence-electron chi connectivity index (χ2n) is 6.89. The van der Waals surface area contributed by atoms with Crippen LogP contribution in [0.3, 0.4) is 0 Å². The molecule has 2 aromatic carbocycles. The number of anilines is 1. The van der Waals surface area contributed by atoms with Crippen LogP contribution in [-0.4, -0.2) is 33.3 Å². The molecule has 156 valence electrons. The maximum absolute atomic E-state index is 12.3. The lowest BCUT2D eigenvalue weighted by atomic mass is 10.1. The fourth-order valence-electron chi connectivity index (χ4n) is 2.78. The summed E-state index contributed by atoms with van der Waals surface area (Å²) in [5.41, 5.74) is 2.76. The van der Waals surface area contributed by atoms with Crippen molar-refractivity contribution >= 4 is 27.5 Å². The zero-order valence-electron chi connectivity index (χ0n) is 16.9. The topological polar surface area (TPSA) is 104 Å². The molecule has 0 fully saturated rings. The predicted octanol–water partition coefficient (Wildman–Crippen LogP) is 2.75. The molecule has 0 atom stereocenters. The van der Waals surface area contributed by atoms with E-state index < -0.39 is 15.9 Å². The Morgan fingerprint density at radius 1 is 1.00 bits per heavy atom. The molecule has 0 unspecified atom stereocenters. The van der Waals surface area contributed by atoms with Gasteiger partial charge in [0.25, 0.3) is 5.91 Å². The van der Waals surface area contributed by atoms with Gasteiger partial charge in [0.1, 0.15) is 0 Å². The second-order valence-corrected chi connectivity index (χ2v) is 8.65. The van der Waals surface area contributed by atoms with E-state index in [1.807, 2.05) is 26.8 Å². The predicted molar refractivity (Wildman–Crippen MR) is 113 cm³/mol. The molecule has 0 heterocycles. The highest BCUT2D eigenvalue weighted by atomic mass is 32.2. The highest BCUT2D eigenvalue weighted by molar-refractivity contribution is 7.89. The van der Waals surface area contributed by atoms with Crippen molar-refractivity contribution < 1.29 is 18.0 Å². The van der Waals surface area contributed by atoms with Crippen molar-refractivity contribution in [1.82, 2.24) is 10.0 Å². The van der Waals surface area contributed by atoms with E-state index >= 15 is 0 Å². The van der Waals surface area contributed by atoms with Crippen molar-refractivity contribution in [1.29, 1.82) is 0 Å². The summed E-state index contributed by atoms with van der Waals surface area (Å²) >= 11 is 0. The minimum absolute atomic E-state index is 0.0747. The van der Waals surface area contributed by atoms with Crippen molar-refractivity contribution in [3.05, 3.63) is 59.2 Å². The van der Waals surface area contributed by atoms with Crippen molar-refractivity contribution in [3.63, 3.8) is 0 Å². The van der Waals surface area contributed by atoms with Gasteiger partial charge in [-0.15, -0.1) is 0 Å². The first kappa shape index (κ1) is 22.6. The highest BCUT2D eigenvalue weighted by Crippen LogP contribution is 2.15. The highest BCUT2D eigenvalue weighted by Gasteiger charge is 2.15. The van der Waals surface area contributed by atoms with Crippen LogP contribution in [0.25, 0.3) is 0 Å². The summed E-state index contributed by atoms with van der Waals surface area (Å²) in [6.07, 6.45) is 1.63. The Kier molecular flexibility index (Phi) is 7.92. The number of hydrogen-bond acceptors (Lipinski definition) is 4. The molecule has 0 radical (unpaired) electrons. The largest absolute Gasteiger partial charge is 0.343 e. The van der Waals surface area contributed by atoms with Crippen LogP contribution in [0.5, 0.6) is 0 Å². The molecular formula is C21H27N3O4S. The van der Waals surface area contributed by atoms with Gasteiger partial charge in [-0.05, 0) is 50.6 Å². The van der Waals surface area contributed by atoms with E-state index in [0.29, 0.717) is 17.8 Å². The number of carbonyl (C=O) groups excluding carboxylic acids is 2. The van der Waals surface area contributed by atoms with Gasteiger partial charge in [0.15, 0.2) is 0 Å². The Balaban J connectivity index is 1.96. The summed E-state index contributed by atoms with van der Waals surface area (Å²) in [7, 11) is -3.63. The molecule has 2 aromatic rings. The molecule has 2 rings (SSSR count). The SMILES string of the molecule is CCCCNS(=O)(=O)c1cccc(NC(=O)CNC(=O)c2cc(C)cc(C)c2)c1. The molecule has 0 bridgehead atoms. The minimum atomic E-state index is -3.63. The van der Waals surface area contributed by atoms with E-state index in [1.54, 1.807) is 24.3 Å². The summed E-state index contributed by atoms with van der Waals surface area (Å²) in [6.45, 7) is 5.91. The van der Waals surface area contributed by atoms with E-state index in [4.69, 9.17) is 0 Å². The molecule has 2 amide bonds. The van der Waals surface area contributed by atoms with Gasteiger partial charge in [0, 0.05) is 17.8 Å². The van der Waals surface area contributed by atoms with Crippen LogP contribution in [0.15, 0.2) is 47.4 Å². The molecule has 0 aliphatic rings. The summed E-state index contributed by atoms with van der Waals surface area (Å²) < 4.78 is 27.1.